The second-order valence-corrected chi connectivity index (χ2v) is 2.49. The van der Waals surface area contributed by atoms with Crippen molar-refractivity contribution in [1.29, 1.82) is 0 Å². The number of carbonyl (C=O) groups is 1. The minimum Gasteiger partial charge on any atom is -0.355 e. The zero-order chi connectivity index (χ0) is 8.10. The zero-order valence-corrected chi connectivity index (χ0v) is 6.50. The molecule has 0 aliphatic carbocycles. The molecule has 0 aliphatic heterocycles. The van der Waals surface area contributed by atoms with Gasteiger partial charge in [0.2, 0.25) is 6.41 Å². The quantitative estimate of drug-likeness (QED) is 0.644. The third-order valence-electron chi connectivity index (χ3n) is 1.47. The van der Waals surface area contributed by atoms with Crippen molar-refractivity contribution < 1.29 is 4.79 Å². The lowest BCUT2D eigenvalue weighted by atomic mass is 10.1. The predicted octanol–water partition coefficient (Wildman–Crippen LogP) is 1.24. The molecule has 0 fully saturated rings. The van der Waals surface area contributed by atoms with Gasteiger partial charge in [0.05, 0.1) is 0 Å². The Kier molecular flexibility index (Phi) is 2.66. The van der Waals surface area contributed by atoms with Crippen LogP contribution in [-0.2, 0) is 11.3 Å². The van der Waals surface area contributed by atoms with Crippen LogP contribution in [0.4, 0.5) is 0 Å². The van der Waals surface area contributed by atoms with Crippen LogP contribution in [0.3, 0.4) is 0 Å². The Labute approximate surface area is 66.2 Å². The molecule has 1 rings (SSSR count). The highest BCUT2D eigenvalue weighted by Gasteiger charge is 1.89. The molecule has 58 valence electrons. The number of carbonyl (C=O) groups excluding carboxylic acids is 1. The van der Waals surface area contributed by atoms with Crippen LogP contribution in [0, 0.1) is 6.92 Å². The largest absolute Gasteiger partial charge is 0.355 e. The number of amides is 1. The van der Waals surface area contributed by atoms with Gasteiger partial charge < -0.3 is 5.32 Å². The molecule has 1 aromatic carbocycles. The molecule has 1 aromatic rings. The fourth-order valence-corrected chi connectivity index (χ4v) is 0.982. The lowest BCUT2D eigenvalue weighted by Crippen LogP contribution is -2.09. The molecule has 0 saturated carbocycles. The van der Waals surface area contributed by atoms with Crippen molar-refractivity contribution in [3.05, 3.63) is 35.4 Å². The molecule has 0 aliphatic rings. The Morgan fingerprint density at radius 2 is 2.36 bits per heavy atom. The number of hydrogen-bond acceptors (Lipinski definition) is 1. The standard InChI is InChI=1S/C9H11NO/c1-8-3-2-4-9(5-8)6-10-7-11/h2-5,7H,6H2,1H3,(H,10,11). The average molecular weight is 149 g/mol. The summed E-state index contributed by atoms with van der Waals surface area (Å²) in [5.41, 5.74) is 2.35. The molecule has 0 saturated heterocycles. The van der Waals surface area contributed by atoms with Gasteiger partial charge in [-0.05, 0) is 12.5 Å². The van der Waals surface area contributed by atoms with Crippen LogP contribution in [0.2, 0.25) is 0 Å². The molecule has 0 atom stereocenters. The van der Waals surface area contributed by atoms with Gasteiger partial charge in [-0.3, -0.25) is 4.79 Å². The van der Waals surface area contributed by atoms with E-state index < -0.39 is 0 Å². The first kappa shape index (κ1) is 7.79. The molecule has 1 N–H and O–H groups in total. The lowest BCUT2D eigenvalue weighted by Gasteiger charge is -1.99. The van der Waals surface area contributed by atoms with E-state index in [0.29, 0.717) is 13.0 Å². The van der Waals surface area contributed by atoms with E-state index in [4.69, 9.17) is 0 Å². The highest BCUT2D eigenvalue weighted by atomic mass is 16.1. The summed E-state index contributed by atoms with van der Waals surface area (Å²) in [6, 6.07) is 8.06. The zero-order valence-electron chi connectivity index (χ0n) is 6.50. The summed E-state index contributed by atoms with van der Waals surface area (Å²) < 4.78 is 0. The van der Waals surface area contributed by atoms with Crippen molar-refractivity contribution in [3.63, 3.8) is 0 Å². The SMILES string of the molecule is Cc1cccc(CNC=O)c1. The third-order valence-corrected chi connectivity index (χ3v) is 1.47. The van der Waals surface area contributed by atoms with Crippen molar-refractivity contribution in [2.45, 2.75) is 13.5 Å². The monoisotopic (exact) mass is 149 g/mol. The first-order chi connectivity index (χ1) is 5.33. The van der Waals surface area contributed by atoms with Gasteiger partial charge >= 0.3 is 0 Å². The van der Waals surface area contributed by atoms with E-state index >= 15 is 0 Å². The number of aryl methyl sites for hydroxylation is 1. The van der Waals surface area contributed by atoms with Crippen LogP contribution in [0.1, 0.15) is 11.1 Å². The summed E-state index contributed by atoms with van der Waals surface area (Å²) in [6.45, 7) is 2.65. The molecule has 11 heavy (non-hydrogen) atoms. The Balaban J connectivity index is 2.63. The second-order valence-electron chi connectivity index (χ2n) is 2.49. The van der Waals surface area contributed by atoms with Gasteiger partial charge in [0.25, 0.3) is 0 Å². The van der Waals surface area contributed by atoms with E-state index in [2.05, 4.69) is 11.4 Å². The summed E-state index contributed by atoms with van der Waals surface area (Å²) in [5, 5.41) is 2.61. The molecule has 0 heterocycles. The summed E-state index contributed by atoms with van der Waals surface area (Å²) >= 11 is 0. The van der Waals surface area contributed by atoms with Gasteiger partial charge in [-0.2, -0.15) is 0 Å². The number of benzene rings is 1. The van der Waals surface area contributed by atoms with Gasteiger partial charge in [0.1, 0.15) is 0 Å². The van der Waals surface area contributed by atoms with Gasteiger partial charge in [0, 0.05) is 6.54 Å². The van der Waals surface area contributed by atoms with Crippen molar-refractivity contribution >= 4 is 6.41 Å². The smallest absolute Gasteiger partial charge is 0.207 e. The van der Waals surface area contributed by atoms with Crippen LogP contribution in [0.15, 0.2) is 24.3 Å². The summed E-state index contributed by atoms with van der Waals surface area (Å²) in [5.74, 6) is 0. The summed E-state index contributed by atoms with van der Waals surface area (Å²) in [7, 11) is 0. The molecular formula is C9H11NO. The minimum absolute atomic E-state index is 0.616. The van der Waals surface area contributed by atoms with Crippen molar-refractivity contribution in [1.82, 2.24) is 5.32 Å². The Hall–Kier alpha value is -1.31. The Morgan fingerprint density at radius 3 is 3.00 bits per heavy atom. The molecular weight excluding hydrogens is 138 g/mol. The van der Waals surface area contributed by atoms with E-state index in [0.717, 1.165) is 5.56 Å². The van der Waals surface area contributed by atoms with Crippen molar-refractivity contribution in [2.75, 3.05) is 0 Å². The maximum Gasteiger partial charge on any atom is 0.207 e. The van der Waals surface area contributed by atoms with Crippen molar-refractivity contribution in [3.8, 4) is 0 Å². The predicted molar refractivity (Wildman–Crippen MR) is 44.1 cm³/mol. The molecule has 0 aromatic heterocycles. The van der Waals surface area contributed by atoms with E-state index in [1.165, 1.54) is 5.56 Å². The third kappa shape index (κ3) is 2.42. The van der Waals surface area contributed by atoms with Gasteiger partial charge in [-0.1, -0.05) is 29.8 Å². The van der Waals surface area contributed by atoms with Gasteiger partial charge in [-0.25, -0.2) is 0 Å². The molecule has 2 heteroatoms. The molecule has 0 bridgehead atoms. The average Bonchev–Trinajstić information content (AvgIpc) is 2.01. The van der Waals surface area contributed by atoms with Crippen molar-refractivity contribution in [2.24, 2.45) is 0 Å². The fraction of sp³-hybridized carbons (Fsp3) is 0.222. The lowest BCUT2D eigenvalue weighted by molar-refractivity contribution is -0.109. The van der Waals surface area contributed by atoms with Crippen LogP contribution in [0.25, 0.3) is 0 Å². The minimum atomic E-state index is 0.616. The summed E-state index contributed by atoms with van der Waals surface area (Å²) in [6.07, 6.45) is 0.711. The number of nitrogens with one attached hydrogen (secondary N) is 1. The number of hydrogen-bond donors (Lipinski definition) is 1. The van der Waals surface area contributed by atoms with Crippen LogP contribution in [-0.4, -0.2) is 6.41 Å². The van der Waals surface area contributed by atoms with Gasteiger partial charge in [-0.15, -0.1) is 0 Å². The first-order valence-electron chi connectivity index (χ1n) is 3.55. The Morgan fingerprint density at radius 1 is 1.55 bits per heavy atom. The fourth-order valence-electron chi connectivity index (χ4n) is 0.982. The molecule has 0 unspecified atom stereocenters. The number of rotatable bonds is 3. The van der Waals surface area contributed by atoms with Crippen LogP contribution < -0.4 is 5.32 Å². The highest BCUT2D eigenvalue weighted by Crippen LogP contribution is 2.02. The molecule has 0 radical (unpaired) electrons. The first-order valence-corrected chi connectivity index (χ1v) is 3.55. The normalized spacial score (nSPS) is 9.18. The van der Waals surface area contributed by atoms with E-state index in [-0.39, 0.29) is 0 Å². The molecule has 2 nitrogen and oxygen atoms in total. The topological polar surface area (TPSA) is 29.1 Å². The maximum atomic E-state index is 9.95. The van der Waals surface area contributed by atoms with Crippen LogP contribution >= 0.6 is 0 Å². The van der Waals surface area contributed by atoms with E-state index in [9.17, 15) is 4.79 Å². The van der Waals surface area contributed by atoms with E-state index in [1.54, 1.807) is 0 Å². The molecule has 1 amide bonds. The van der Waals surface area contributed by atoms with Crippen LogP contribution in [0.5, 0.6) is 0 Å². The molecule has 0 spiro atoms. The van der Waals surface area contributed by atoms with E-state index in [1.807, 2.05) is 25.1 Å². The van der Waals surface area contributed by atoms with Gasteiger partial charge in [0.15, 0.2) is 0 Å². The second kappa shape index (κ2) is 3.76. The summed E-state index contributed by atoms with van der Waals surface area (Å²) in [4.78, 5) is 9.95. The Bertz CT molecular complexity index is 245. The maximum absolute atomic E-state index is 9.95. The highest BCUT2D eigenvalue weighted by molar-refractivity contribution is 5.46.